The van der Waals surface area contributed by atoms with Gasteiger partial charge < -0.3 is 14.8 Å². The van der Waals surface area contributed by atoms with Gasteiger partial charge in [0.05, 0.1) is 30.3 Å². The smallest absolute Gasteiger partial charge is 0.262 e. The number of para-hydroxylation sites is 1. The Morgan fingerprint density at radius 1 is 0.871 bits per heavy atom. The van der Waals surface area contributed by atoms with Gasteiger partial charge in [-0.05, 0) is 97.9 Å². The third-order valence-corrected chi connectivity index (χ3v) is 14.5. The molecule has 1 spiro atoms. The monoisotopic (exact) mass is 853 g/mol. The number of piperidine rings is 3. The van der Waals surface area contributed by atoms with Crippen molar-refractivity contribution in [2.24, 2.45) is 5.41 Å². The fourth-order valence-electron chi connectivity index (χ4n) is 11.1. The van der Waals surface area contributed by atoms with Crippen LogP contribution in [0.4, 0.5) is 23.2 Å². The second-order valence-corrected chi connectivity index (χ2v) is 18.1. The summed E-state index contributed by atoms with van der Waals surface area (Å²) in [7, 11) is 0. The molecule has 2 N–H and O–H groups in total. The normalized spacial score (nSPS) is 24.0. The molecule has 6 aliphatic rings. The van der Waals surface area contributed by atoms with Gasteiger partial charge >= 0.3 is 0 Å². The Hall–Kier alpha value is -5.61. The molecule has 62 heavy (non-hydrogen) atoms. The number of rotatable bonds is 7. The number of anilines is 1. The second-order valence-electron chi connectivity index (χ2n) is 18.1. The lowest BCUT2D eigenvalue weighted by Gasteiger charge is -2.47. The Kier molecular flexibility index (Phi) is 10.0. The number of hydrogen-bond donors (Lipinski definition) is 2. The molecule has 6 aliphatic heterocycles. The molecule has 0 saturated carbocycles. The highest BCUT2D eigenvalue weighted by Gasteiger charge is 2.46. The maximum Gasteiger partial charge on any atom is 0.262 e. The highest BCUT2D eigenvalue weighted by atomic mass is 19.3. The second kappa shape index (κ2) is 15.3. The Morgan fingerprint density at radius 3 is 2.13 bits per heavy atom. The molecule has 3 unspecified atom stereocenters. The molecule has 3 aromatic carbocycles. The van der Waals surface area contributed by atoms with Crippen molar-refractivity contribution >= 4 is 46.1 Å². The van der Waals surface area contributed by atoms with Crippen molar-refractivity contribution in [2.45, 2.75) is 89.5 Å². The average molecular weight is 854 g/mol. The van der Waals surface area contributed by atoms with Gasteiger partial charge in [0.2, 0.25) is 17.7 Å². The zero-order valence-corrected chi connectivity index (χ0v) is 34.3. The summed E-state index contributed by atoms with van der Waals surface area (Å²) in [5.41, 5.74) is 4.57. The number of carbonyl (C=O) groups is 5. The number of carbonyl (C=O) groups excluding carboxylic acids is 5. The molecule has 324 valence electrons. The predicted octanol–water partition coefficient (Wildman–Crippen LogP) is 5.67. The van der Waals surface area contributed by atoms with E-state index in [9.17, 15) is 32.8 Å². The fraction of sp³-hybridized carbons (Fsp3) is 0.457. The third kappa shape index (κ3) is 6.85. The quantitative estimate of drug-likeness (QED) is 0.180. The zero-order valence-electron chi connectivity index (χ0n) is 34.3. The lowest BCUT2D eigenvalue weighted by molar-refractivity contribution is -0.137. The first-order valence-corrected chi connectivity index (χ1v) is 21.5. The van der Waals surface area contributed by atoms with Crippen LogP contribution in [-0.4, -0.2) is 112 Å². The van der Waals surface area contributed by atoms with Crippen molar-refractivity contribution in [1.82, 2.24) is 29.9 Å². The van der Waals surface area contributed by atoms with Crippen LogP contribution in [0.1, 0.15) is 100 Å². The van der Waals surface area contributed by atoms with Crippen LogP contribution in [0.3, 0.4) is 0 Å². The van der Waals surface area contributed by atoms with Gasteiger partial charge in [0, 0.05) is 79.6 Å². The molecule has 0 bridgehead atoms. The summed E-state index contributed by atoms with van der Waals surface area (Å²) in [6.07, 6.45) is 1.14. The standard InChI is InChI=1S/C46H47F4N7O5/c1-25-16-30-29-4-2-3-5-35(29)51-41(30)42(56(25)23-37(49)50)40-33(47)19-28(20-34(40)48)54-12-8-46(9-13-54)10-14-55(15-11-46)39(59)24-53-21-26-17-31-32(18-27(26)22-53)45(62)57(44(31)61)36-6-7-38(58)52-43(36)60/h2-5,17-20,25,36-37,42,51H,6-16,21-24H2,1H3,(H,52,58,60). The van der Waals surface area contributed by atoms with Crippen molar-refractivity contribution in [3.63, 3.8) is 0 Å². The molecule has 0 radical (unpaired) electrons. The number of fused-ring (bicyclic) bond motifs is 5. The first-order valence-electron chi connectivity index (χ1n) is 21.5. The number of hydrogen-bond acceptors (Lipinski definition) is 8. The molecule has 5 amide bonds. The van der Waals surface area contributed by atoms with Crippen LogP contribution in [0.2, 0.25) is 0 Å². The van der Waals surface area contributed by atoms with Crippen molar-refractivity contribution in [2.75, 3.05) is 44.2 Å². The van der Waals surface area contributed by atoms with E-state index in [0.29, 0.717) is 57.1 Å². The number of nitrogens with zero attached hydrogens (tertiary/aromatic N) is 5. The minimum absolute atomic E-state index is 0.00102. The average Bonchev–Trinajstić information content (AvgIpc) is 3.88. The van der Waals surface area contributed by atoms with E-state index in [4.69, 9.17) is 0 Å². The lowest BCUT2D eigenvalue weighted by Crippen LogP contribution is -2.54. The van der Waals surface area contributed by atoms with Crippen LogP contribution in [-0.2, 0) is 33.9 Å². The Balaban J connectivity index is 0.758. The SMILES string of the molecule is CC1Cc2c([nH]c3ccccc23)C(c2c(F)cc(N3CCC4(CCN(C(=O)CN5Cc6cc7c(cc6C5)C(=O)N(C5CCC(=O)NC5=O)C7=O)CC4)CC3)cc2F)N1CC(F)F. The third-order valence-electron chi connectivity index (χ3n) is 14.5. The van der Waals surface area contributed by atoms with E-state index in [1.54, 1.807) is 12.1 Å². The van der Waals surface area contributed by atoms with Gasteiger partial charge in [0.15, 0.2) is 0 Å². The van der Waals surface area contributed by atoms with Crippen LogP contribution in [0, 0.1) is 17.0 Å². The Bertz CT molecular complexity index is 2480. The van der Waals surface area contributed by atoms with E-state index in [2.05, 4.69) is 10.3 Å². The minimum atomic E-state index is -2.68. The summed E-state index contributed by atoms with van der Waals surface area (Å²) in [4.78, 5) is 76.0. The molecule has 1 aromatic heterocycles. The number of H-pyrrole nitrogens is 1. The maximum absolute atomic E-state index is 16.3. The molecule has 12 nitrogen and oxygen atoms in total. The number of nitrogens with one attached hydrogen (secondary N) is 2. The van der Waals surface area contributed by atoms with Crippen LogP contribution in [0.25, 0.3) is 10.9 Å². The van der Waals surface area contributed by atoms with Crippen molar-refractivity contribution in [1.29, 1.82) is 0 Å². The van der Waals surface area contributed by atoms with Crippen molar-refractivity contribution < 1.29 is 41.5 Å². The summed E-state index contributed by atoms with van der Waals surface area (Å²) in [5, 5.41) is 3.14. The molecule has 10 rings (SSSR count). The van der Waals surface area contributed by atoms with E-state index in [0.717, 1.165) is 58.2 Å². The van der Waals surface area contributed by atoms with Crippen LogP contribution >= 0.6 is 0 Å². The number of amides is 5. The maximum atomic E-state index is 16.3. The highest BCUT2D eigenvalue weighted by Crippen LogP contribution is 2.46. The van der Waals surface area contributed by atoms with Gasteiger partial charge in [-0.25, -0.2) is 17.6 Å². The van der Waals surface area contributed by atoms with Gasteiger partial charge in [-0.3, -0.25) is 44.0 Å². The Morgan fingerprint density at radius 2 is 1.50 bits per heavy atom. The molecule has 7 heterocycles. The highest BCUT2D eigenvalue weighted by molar-refractivity contribution is 6.23. The minimum Gasteiger partial charge on any atom is -0.371 e. The van der Waals surface area contributed by atoms with Crippen molar-refractivity contribution in [3.05, 3.63) is 99.2 Å². The first kappa shape index (κ1) is 40.5. The van der Waals surface area contributed by atoms with Crippen LogP contribution in [0.5, 0.6) is 0 Å². The molecule has 3 saturated heterocycles. The van der Waals surface area contributed by atoms with Crippen LogP contribution in [0.15, 0.2) is 48.5 Å². The number of alkyl halides is 2. The molecule has 0 aliphatic carbocycles. The molecule has 4 aromatic rings. The number of aromatic nitrogens is 1. The summed E-state index contributed by atoms with van der Waals surface area (Å²) in [6.45, 7) is 4.61. The lowest BCUT2D eigenvalue weighted by atomic mass is 9.71. The zero-order chi connectivity index (χ0) is 43.2. The number of halogens is 4. The number of likely N-dealkylation sites (tertiary alicyclic amines) is 1. The molecular weight excluding hydrogens is 807 g/mol. The molecule has 3 fully saturated rings. The van der Waals surface area contributed by atoms with E-state index in [1.807, 2.05) is 45.9 Å². The molecule has 16 heteroatoms. The topological polar surface area (TPSA) is 129 Å². The van der Waals surface area contributed by atoms with E-state index < -0.39 is 60.3 Å². The first-order chi connectivity index (χ1) is 29.8. The van der Waals surface area contributed by atoms with Gasteiger partial charge in [-0.2, -0.15) is 0 Å². The number of benzene rings is 3. The Labute approximate surface area is 355 Å². The van der Waals surface area contributed by atoms with E-state index in [-0.39, 0.29) is 53.4 Å². The molecular formula is C46H47F4N7O5. The summed E-state index contributed by atoms with van der Waals surface area (Å²) >= 11 is 0. The van der Waals surface area contributed by atoms with E-state index in [1.165, 1.54) is 17.0 Å². The van der Waals surface area contributed by atoms with Gasteiger partial charge in [-0.1, -0.05) is 18.2 Å². The number of aromatic amines is 1. The molecule has 3 atom stereocenters. The van der Waals surface area contributed by atoms with Gasteiger partial charge in [0.1, 0.15) is 17.7 Å². The van der Waals surface area contributed by atoms with Crippen LogP contribution < -0.4 is 10.2 Å². The summed E-state index contributed by atoms with van der Waals surface area (Å²) < 4.78 is 60.5. The van der Waals surface area contributed by atoms with Gasteiger partial charge in [0.25, 0.3) is 18.2 Å². The summed E-state index contributed by atoms with van der Waals surface area (Å²) in [5.74, 6) is -3.73. The number of imide groups is 2. The predicted molar refractivity (Wildman–Crippen MR) is 219 cm³/mol. The van der Waals surface area contributed by atoms with Gasteiger partial charge in [-0.15, -0.1) is 0 Å². The fourth-order valence-corrected chi connectivity index (χ4v) is 11.1. The van der Waals surface area contributed by atoms with Crippen molar-refractivity contribution in [3.8, 4) is 0 Å². The largest absolute Gasteiger partial charge is 0.371 e. The van der Waals surface area contributed by atoms with E-state index >= 15 is 8.78 Å². The summed E-state index contributed by atoms with van der Waals surface area (Å²) in [6, 6.07) is 11.2.